The van der Waals surface area contributed by atoms with Crippen LogP contribution in [0.15, 0.2) is 114 Å². The predicted octanol–water partition coefficient (Wildman–Crippen LogP) is 5.97. The molecular weight excluding hydrogens is 439 g/mol. The number of fused-ring (bicyclic) bond motifs is 1. The Morgan fingerprint density at radius 1 is 0.655 bits per heavy atom. The third kappa shape index (κ3) is 3.16. The van der Waals surface area contributed by atoms with Crippen LogP contribution < -0.4 is 15.9 Å². The van der Waals surface area contributed by atoms with Crippen molar-refractivity contribution < 1.29 is 4.74 Å². The molecule has 1 aliphatic heterocycles. The molecule has 3 heteroatoms. The van der Waals surface area contributed by atoms with E-state index in [4.69, 9.17) is 4.74 Å². The number of benzene rings is 4. The third-order valence-electron chi connectivity index (χ3n) is 5.60. The predicted molar refractivity (Wildman–Crippen MR) is 127 cm³/mol. The fourth-order valence-corrected chi connectivity index (χ4v) is 9.38. The van der Waals surface area contributed by atoms with Crippen molar-refractivity contribution in [1.82, 2.24) is 0 Å². The van der Waals surface area contributed by atoms with Gasteiger partial charge < -0.3 is 4.74 Å². The maximum absolute atomic E-state index is 6.69. The summed E-state index contributed by atoms with van der Waals surface area (Å²) in [6.07, 6.45) is 0. The Kier molecular flexibility index (Phi) is 5.09. The van der Waals surface area contributed by atoms with Gasteiger partial charge in [0.1, 0.15) is 23.2 Å². The number of halogens is 1. The van der Waals surface area contributed by atoms with E-state index in [1.54, 1.807) is 0 Å². The quantitative estimate of drug-likeness (QED) is 0.342. The first kappa shape index (κ1) is 18.8. The van der Waals surface area contributed by atoms with Gasteiger partial charge in [-0.05, 0) is 42.5 Å². The molecule has 0 saturated heterocycles. The summed E-state index contributed by atoms with van der Waals surface area (Å²) in [5.41, 5.74) is 2.52. The molecule has 0 radical (unpaired) electrons. The Bertz CT molecular complexity index is 1070. The molecule has 1 atom stereocenters. The van der Waals surface area contributed by atoms with Crippen LogP contribution in [0.1, 0.15) is 17.0 Å². The molecule has 1 heterocycles. The SMILES string of the molecule is Brc1ccc(C2OCc3ccccc3[P+]2(c2ccccc2)c2ccccc2)cc1. The molecule has 0 bridgehead atoms. The summed E-state index contributed by atoms with van der Waals surface area (Å²) in [6.45, 7) is 0.637. The van der Waals surface area contributed by atoms with E-state index in [1.807, 2.05) is 0 Å². The van der Waals surface area contributed by atoms with Gasteiger partial charge in [-0.25, -0.2) is 0 Å². The van der Waals surface area contributed by atoms with Crippen molar-refractivity contribution in [3.05, 3.63) is 125 Å². The van der Waals surface area contributed by atoms with Gasteiger partial charge in [0, 0.05) is 15.6 Å². The largest absolute Gasteiger partial charge is 0.334 e. The standard InChI is InChI=1S/C26H21BrOP/c27-22-17-15-20(16-18-22)26-28-19-21-9-7-8-14-25(21)29(26,23-10-3-1-4-11-23)24-12-5-2-6-13-24/h1-18,26H,19H2/q+1. The molecule has 0 saturated carbocycles. The van der Waals surface area contributed by atoms with Crippen LogP contribution in [0.3, 0.4) is 0 Å². The molecule has 1 unspecified atom stereocenters. The Balaban J connectivity index is 1.87. The number of ether oxygens (including phenoxy) is 1. The molecule has 0 amide bonds. The van der Waals surface area contributed by atoms with Gasteiger partial charge in [-0.2, -0.15) is 0 Å². The highest BCUT2D eigenvalue weighted by molar-refractivity contribution is 9.10. The molecule has 0 fully saturated rings. The molecular formula is C26H21BrOP+. The summed E-state index contributed by atoms with van der Waals surface area (Å²) in [5.74, 6) is -0.0182. The van der Waals surface area contributed by atoms with Crippen molar-refractivity contribution in [2.45, 2.75) is 12.5 Å². The fourth-order valence-electron chi connectivity index (χ4n) is 4.36. The zero-order valence-electron chi connectivity index (χ0n) is 15.9. The zero-order valence-corrected chi connectivity index (χ0v) is 18.4. The van der Waals surface area contributed by atoms with E-state index in [2.05, 4.69) is 125 Å². The van der Waals surface area contributed by atoms with Gasteiger partial charge in [-0.15, -0.1) is 0 Å². The Morgan fingerprint density at radius 3 is 1.83 bits per heavy atom. The monoisotopic (exact) mass is 459 g/mol. The highest BCUT2D eigenvalue weighted by Gasteiger charge is 2.57. The van der Waals surface area contributed by atoms with Gasteiger partial charge in [0.15, 0.2) is 0 Å². The van der Waals surface area contributed by atoms with E-state index in [9.17, 15) is 0 Å². The highest BCUT2D eigenvalue weighted by Crippen LogP contribution is 2.69. The Morgan fingerprint density at radius 2 is 1.21 bits per heavy atom. The molecule has 0 N–H and O–H groups in total. The topological polar surface area (TPSA) is 9.23 Å². The Hall–Kier alpha value is -2.25. The molecule has 0 spiro atoms. The van der Waals surface area contributed by atoms with Crippen molar-refractivity contribution >= 4 is 39.1 Å². The average molecular weight is 460 g/mol. The zero-order chi connectivity index (χ0) is 19.7. The van der Waals surface area contributed by atoms with Gasteiger partial charge in [0.2, 0.25) is 5.85 Å². The maximum Gasteiger partial charge on any atom is 0.207 e. The lowest BCUT2D eigenvalue weighted by molar-refractivity contribution is 0.0920. The second kappa shape index (κ2) is 7.88. The van der Waals surface area contributed by atoms with Gasteiger partial charge in [0.25, 0.3) is 0 Å². The smallest absolute Gasteiger partial charge is 0.207 e. The van der Waals surface area contributed by atoms with Crippen molar-refractivity contribution in [3.8, 4) is 0 Å². The lowest BCUT2D eigenvalue weighted by Gasteiger charge is -2.38. The van der Waals surface area contributed by atoms with Gasteiger partial charge in [-0.3, -0.25) is 0 Å². The number of hydrogen-bond donors (Lipinski definition) is 0. The van der Waals surface area contributed by atoms with Crippen LogP contribution in [-0.4, -0.2) is 0 Å². The van der Waals surface area contributed by atoms with E-state index in [1.165, 1.54) is 27.0 Å². The Labute approximate surface area is 180 Å². The van der Waals surface area contributed by atoms with Crippen LogP contribution >= 0.6 is 23.2 Å². The fraction of sp³-hybridized carbons (Fsp3) is 0.0769. The van der Waals surface area contributed by atoms with Crippen molar-refractivity contribution in [1.29, 1.82) is 0 Å². The highest BCUT2D eigenvalue weighted by atomic mass is 79.9. The molecule has 0 aliphatic carbocycles. The van der Waals surface area contributed by atoms with E-state index in [0.29, 0.717) is 6.61 Å². The lowest BCUT2D eigenvalue weighted by atomic mass is 10.2. The van der Waals surface area contributed by atoms with Gasteiger partial charge in [-0.1, -0.05) is 82.7 Å². The summed E-state index contributed by atoms with van der Waals surface area (Å²) in [5, 5.41) is 4.13. The summed E-state index contributed by atoms with van der Waals surface area (Å²) < 4.78 is 7.77. The number of hydrogen-bond acceptors (Lipinski definition) is 1. The maximum atomic E-state index is 6.69. The molecule has 1 nitrogen and oxygen atoms in total. The second-order valence-electron chi connectivity index (χ2n) is 7.24. The second-order valence-corrected chi connectivity index (χ2v) is 11.6. The molecule has 1 aliphatic rings. The first-order valence-electron chi connectivity index (χ1n) is 9.75. The molecule has 0 aromatic heterocycles. The normalized spacial score (nSPS) is 17.5. The van der Waals surface area contributed by atoms with Crippen LogP contribution in [0.25, 0.3) is 0 Å². The molecule has 29 heavy (non-hydrogen) atoms. The van der Waals surface area contributed by atoms with Crippen LogP contribution in [0.4, 0.5) is 0 Å². The minimum Gasteiger partial charge on any atom is -0.334 e. The summed E-state index contributed by atoms with van der Waals surface area (Å²) >= 11 is 3.58. The van der Waals surface area contributed by atoms with E-state index < -0.39 is 7.26 Å². The minimum absolute atomic E-state index is 0.0182. The summed E-state index contributed by atoms with van der Waals surface area (Å²) in [4.78, 5) is 0. The molecule has 4 aromatic carbocycles. The van der Waals surface area contributed by atoms with Crippen LogP contribution in [0.2, 0.25) is 0 Å². The lowest BCUT2D eigenvalue weighted by Crippen LogP contribution is -2.40. The first-order chi connectivity index (χ1) is 14.3. The molecule has 4 aromatic rings. The first-order valence-corrected chi connectivity index (χ1v) is 12.4. The van der Waals surface area contributed by atoms with Gasteiger partial charge in [0.05, 0.1) is 6.61 Å². The van der Waals surface area contributed by atoms with E-state index >= 15 is 0 Å². The summed E-state index contributed by atoms with van der Waals surface area (Å²) in [6, 6.07) is 39.3. The van der Waals surface area contributed by atoms with E-state index in [0.717, 1.165) is 4.47 Å². The average Bonchev–Trinajstić information content (AvgIpc) is 2.80. The van der Waals surface area contributed by atoms with Crippen LogP contribution in [0, 0.1) is 0 Å². The summed E-state index contributed by atoms with van der Waals surface area (Å²) in [7, 11) is -2.07. The minimum atomic E-state index is -2.07. The van der Waals surface area contributed by atoms with Crippen molar-refractivity contribution in [2.75, 3.05) is 0 Å². The van der Waals surface area contributed by atoms with Gasteiger partial charge >= 0.3 is 0 Å². The van der Waals surface area contributed by atoms with E-state index in [-0.39, 0.29) is 5.85 Å². The molecule has 5 rings (SSSR count). The van der Waals surface area contributed by atoms with Crippen LogP contribution in [-0.2, 0) is 11.3 Å². The van der Waals surface area contributed by atoms with Crippen LogP contribution in [0.5, 0.6) is 0 Å². The van der Waals surface area contributed by atoms with Crippen molar-refractivity contribution in [3.63, 3.8) is 0 Å². The third-order valence-corrected chi connectivity index (χ3v) is 10.7. The van der Waals surface area contributed by atoms with Crippen molar-refractivity contribution in [2.24, 2.45) is 0 Å². The number of rotatable bonds is 3. The molecule has 142 valence electrons.